The Balaban J connectivity index is 2.06. The average molecular weight is 422 g/mol. The van der Waals surface area contributed by atoms with Crippen LogP contribution in [0.2, 0.25) is 9.36 Å². The molecule has 2 aromatic heterocycles. The number of thiophene rings is 1. The first-order chi connectivity index (χ1) is 12.5. The molecule has 0 amide bonds. The maximum absolute atomic E-state index is 10.9. The summed E-state index contributed by atoms with van der Waals surface area (Å²) < 4.78 is 2.35. The van der Waals surface area contributed by atoms with Crippen molar-refractivity contribution in [2.75, 3.05) is 5.32 Å². The van der Waals surface area contributed by atoms with Gasteiger partial charge < -0.3 is 10.4 Å². The maximum Gasteiger partial charge on any atom is 0.289 e. The number of halogens is 2. The van der Waals surface area contributed by atoms with Crippen LogP contribution in [0, 0.1) is 6.92 Å². The van der Waals surface area contributed by atoms with E-state index in [1.807, 2.05) is 55.7 Å². The number of aliphatic hydroxyl groups excluding tert-OH is 1. The van der Waals surface area contributed by atoms with Crippen LogP contribution in [0.1, 0.15) is 10.4 Å². The van der Waals surface area contributed by atoms with Crippen LogP contribution in [0.5, 0.6) is 0 Å². The van der Waals surface area contributed by atoms with Crippen LogP contribution in [-0.2, 0) is 0 Å². The monoisotopic (exact) mass is 421 g/mol. The minimum Gasteiger partial charge on any atom is -0.501 e. The van der Waals surface area contributed by atoms with E-state index in [-0.39, 0.29) is 5.76 Å². The number of aliphatic hydroxyl groups is 1. The number of pyridine rings is 1. The lowest BCUT2D eigenvalue weighted by molar-refractivity contribution is -0.575. The van der Waals surface area contributed by atoms with Gasteiger partial charge in [0.2, 0.25) is 5.76 Å². The lowest BCUT2D eigenvalue weighted by Crippen LogP contribution is -2.38. The van der Waals surface area contributed by atoms with E-state index in [1.54, 1.807) is 16.7 Å². The third kappa shape index (κ3) is 4.07. The van der Waals surface area contributed by atoms with Gasteiger partial charge >= 0.3 is 0 Å². The fourth-order valence-electron chi connectivity index (χ4n) is 2.38. The Labute approximate surface area is 171 Å². The number of hydrogen-bond donors (Lipinski definition) is 2. The van der Waals surface area contributed by atoms with E-state index < -0.39 is 0 Å². The minimum atomic E-state index is 0.0512. The highest BCUT2D eigenvalue weighted by molar-refractivity contribution is 7.81. The van der Waals surface area contributed by atoms with Crippen molar-refractivity contribution >= 4 is 68.9 Å². The molecule has 0 unspecified atom stereocenters. The molecule has 0 fully saturated rings. The van der Waals surface area contributed by atoms with Gasteiger partial charge in [-0.25, -0.2) is 0 Å². The molecule has 2 heterocycles. The molecule has 0 radical (unpaired) electrons. The summed E-state index contributed by atoms with van der Waals surface area (Å²) in [5.74, 6) is 0.0512. The highest BCUT2D eigenvalue weighted by atomic mass is 35.5. The molecule has 132 valence electrons. The van der Waals surface area contributed by atoms with Gasteiger partial charge in [-0.05, 0) is 36.8 Å². The van der Waals surface area contributed by atoms with Crippen LogP contribution < -0.4 is 9.88 Å². The fourth-order valence-corrected chi connectivity index (χ4v) is 3.85. The van der Waals surface area contributed by atoms with Gasteiger partial charge in [-0.1, -0.05) is 47.6 Å². The molecule has 26 heavy (non-hydrogen) atoms. The van der Waals surface area contributed by atoms with Crippen LogP contribution in [0.15, 0.2) is 60.9 Å². The van der Waals surface area contributed by atoms with E-state index >= 15 is 0 Å². The highest BCUT2D eigenvalue weighted by Gasteiger charge is 2.25. The number of nitrogens with zero attached hydrogens (tertiary/aromatic N) is 1. The smallest absolute Gasteiger partial charge is 0.289 e. The molecule has 0 saturated heterocycles. The third-order valence-electron chi connectivity index (χ3n) is 3.74. The Morgan fingerprint density at radius 3 is 2.46 bits per heavy atom. The average Bonchev–Trinajstić information content (AvgIpc) is 3.06. The summed E-state index contributed by atoms with van der Waals surface area (Å²) in [5, 5.41) is 14.7. The summed E-state index contributed by atoms with van der Waals surface area (Å²) in [6, 6.07) is 14.7. The van der Waals surface area contributed by atoms with Gasteiger partial charge in [-0.3, -0.25) is 0 Å². The van der Waals surface area contributed by atoms with E-state index in [0.29, 0.717) is 24.9 Å². The molecule has 0 aliphatic heterocycles. The Hall–Kier alpha value is -1.92. The quantitative estimate of drug-likeness (QED) is 0.235. The second-order valence-corrected chi connectivity index (χ2v) is 7.98. The Kier molecular flexibility index (Phi) is 5.94. The van der Waals surface area contributed by atoms with Crippen molar-refractivity contribution in [3.63, 3.8) is 0 Å². The first kappa shape index (κ1) is 18.9. The van der Waals surface area contributed by atoms with E-state index in [1.165, 1.54) is 11.3 Å². The van der Waals surface area contributed by atoms with Crippen molar-refractivity contribution in [2.45, 2.75) is 6.92 Å². The van der Waals surface area contributed by atoms with Crippen molar-refractivity contribution < 1.29 is 9.67 Å². The molecule has 0 saturated carbocycles. The second-order valence-electron chi connectivity index (χ2n) is 5.45. The SMILES string of the molecule is Cc1c(Cl)cccc1NC(=S)/C(=C(/O)c1ccc(Cl)s1)[n+]1ccccc1. The molecule has 0 atom stereocenters. The van der Waals surface area contributed by atoms with Gasteiger partial charge in [0.15, 0.2) is 17.4 Å². The number of anilines is 1. The Morgan fingerprint density at radius 2 is 1.81 bits per heavy atom. The fraction of sp³-hybridized carbons (Fsp3) is 0.0526. The van der Waals surface area contributed by atoms with Crippen LogP contribution in [-0.4, -0.2) is 10.1 Å². The largest absolute Gasteiger partial charge is 0.501 e. The third-order valence-corrected chi connectivity index (χ3v) is 5.68. The van der Waals surface area contributed by atoms with Crippen LogP contribution in [0.25, 0.3) is 11.5 Å². The van der Waals surface area contributed by atoms with E-state index in [4.69, 9.17) is 35.4 Å². The molecule has 0 aliphatic carbocycles. The van der Waals surface area contributed by atoms with Crippen molar-refractivity contribution in [1.82, 2.24) is 0 Å². The number of benzene rings is 1. The number of thiocarbonyl (C=S) groups is 1. The van der Waals surface area contributed by atoms with Crippen molar-refractivity contribution in [1.29, 1.82) is 0 Å². The first-order valence-corrected chi connectivity index (χ1v) is 9.67. The Morgan fingerprint density at radius 1 is 1.08 bits per heavy atom. The molecular formula is C19H15Cl2N2OS2+. The summed E-state index contributed by atoms with van der Waals surface area (Å²) in [7, 11) is 0. The molecule has 0 bridgehead atoms. The standard InChI is InChI=1S/C19H14Cl2N2OS2/c1-12-13(20)6-5-7-14(12)22-19(25)17(23-10-3-2-4-11-23)18(24)15-8-9-16(21)26-15/h2-11H,1H3,(H-,22,24,25)/p+1. The predicted octanol–water partition coefficient (Wildman–Crippen LogP) is 5.97. The van der Waals surface area contributed by atoms with Crippen LogP contribution in [0.4, 0.5) is 5.69 Å². The van der Waals surface area contributed by atoms with E-state index in [2.05, 4.69) is 5.32 Å². The molecule has 3 rings (SSSR count). The lowest BCUT2D eigenvalue weighted by Gasteiger charge is -2.12. The van der Waals surface area contributed by atoms with Gasteiger partial charge in [0, 0.05) is 22.8 Å². The van der Waals surface area contributed by atoms with Crippen LogP contribution in [0.3, 0.4) is 0 Å². The number of rotatable bonds is 4. The van der Waals surface area contributed by atoms with E-state index in [9.17, 15) is 5.11 Å². The van der Waals surface area contributed by atoms with Gasteiger partial charge in [0.1, 0.15) is 0 Å². The van der Waals surface area contributed by atoms with Gasteiger partial charge in [0.25, 0.3) is 5.70 Å². The van der Waals surface area contributed by atoms with Crippen molar-refractivity contribution in [2.24, 2.45) is 0 Å². The molecule has 0 spiro atoms. The van der Waals surface area contributed by atoms with Crippen molar-refractivity contribution in [3.8, 4) is 0 Å². The second kappa shape index (κ2) is 8.18. The summed E-state index contributed by atoms with van der Waals surface area (Å²) >= 11 is 19.1. The van der Waals surface area contributed by atoms with Gasteiger partial charge in [0.05, 0.1) is 9.21 Å². The zero-order valence-electron chi connectivity index (χ0n) is 13.7. The zero-order valence-corrected chi connectivity index (χ0v) is 16.9. The maximum atomic E-state index is 10.9. The topological polar surface area (TPSA) is 36.1 Å². The first-order valence-electron chi connectivity index (χ1n) is 7.69. The molecule has 3 nitrogen and oxygen atoms in total. The predicted molar refractivity (Wildman–Crippen MR) is 114 cm³/mol. The van der Waals surface area contributed by atoms with Gasteiger partial charge in [-0.15, -0.1) is 11.3 Å². The molecule has 1 aromatic carbocycles. The molecule has 0 aliphatic rings. The number of hydrogen-bond acceptors (Lipinski definition) is 3. The lowest BCUT2D eigenvalue weighted by atomic mass is 10.2. The molecular weight excluding hydrogens is 407 g/mol. The number of aromatic nitrogens is 1. The van der Waals surface area contributed by atoms with Crippen LogP contribution >= 0.6 is 46.8 Å². The van der Waals surface area contributed by atoms with E-state index in [0.717, 1.165) is 11.3 Å². The summed E-state index contributed by atoms with van der Waals surface area (Å²) in [4.78, 5) is 1.00. The van der Waals surface area contributed by atoms with Crippen molar-refractivity contribution in [3.05, 3.63) is 80.7 Å². The summed E-state index contributed by atoms with van der Waals surface area (Å²) in [5.41, 5.74) is 2.12. The molecule has 3 aromatic rings. The Bertz CT molecular complexity index is 984. The minimum absolute atomic E-state index is 0.0512. The summed E-state index contributed by atoms with van der Waals surface area (Å²) in [6.45, 7) is 1.91. The zero-order chi connectivity index (χ0) is 18.7. The molecule has 7 heteroatoms. The summed E-state index contributed by atoms with van der Waals surface area (Å²) in [6.07, 6.45) is 3.64. The highest BCUT2D eigenvalue weighted by Crippen LogP contribution is 2.29. The molecule has 2 N–H and O–H groups in total. The number of nitrogens with one attached hydrogen (secondary N) is 1. The normalized spacial score (nSPS) is 11.8. The van der Waals surface area contributed by atoms with Gasteiger partial charge in [-0.2, -0.15) is 4.57 Å².